The Hall–Kier alpha value is -2.01. The van der Waals surface area contributed by atoms with Crippen molar-refractivity contribution in [3.05, 3.63) is 48.2 Å². The fraction of sp³-hybridized carbons (Fsp3) is 0. The average molecular weight is 222 g/mol. The van der Waals surface area contributed by atoms with Gasteiger partial charge in [0, 0.05) is 6.20 Å². The largest absolute Gasteiger partial charge is 0.291 e. The number of nitrogens with zero attached hydrogens (tertiary/aromatic N) is 1. The van der Waals surface area contributed by atoms with Gasteiger partial charge in [0.25, 0.3) is 0 Å². The molecule has 2 N–H and O–H groups in total. The van der Waals surface area contributed by atoms with Crippen LogP contribution < -0.4 is 5.48 Å². The van der Waals surface area contributed by atoms with E-state index >= 15 is 0 Å². The molecule has 16 heavy (non-hydrogen) atoms. The summed E-state index contributed by atoms with van der Waals surface area (Å²) in [5.74, 6) is -1.60. The predicted octanol–water partition coefficient (Wildman–Crippen LogP) is 2.83. The summed E-state index contributed by atoms with van der Waals surface area (Å²) in [6, 6.07) is 6.93. The van der Waals surface area contributed by atoms with Crippen molar-refractivity contribution in [3.8, 4) is 11.3 Å². The van der Waals surface area contributed by atoms with Gasteiger partial charge in [-0.25, -0.2) is 8.78 Å². The molecule has 3 nitrogen and oxygen atoms in total. The minimum absolute atomic E-state index is 0.176. The zero-order valence-electron chi connectivity index (χ0n) is 8.11. The van der Waals surface area contributed by atoms with Crippen LogP contribution in [0.25, 0.3) is 11.3 Å². The van der Waals surface area contributed by atoms with Crippen LogP contribution in [0.1, 0.15) is 0 Å². The molecular weight excluding hydrogens is 214 g/mol. The number of anilines is 1. The lowest BCUT2D eigenvalue weighted by Crippen LogP contribution is -1.99. The summed E-state index contributed by atoms with van der Waals surface area (Å²) in [7, 11) is 0. The van der Waals surface area contributed by atoms with E-state index in [0.29, 0.717) is 0 Å². The third kappa shape index (κ3) is 1.72. The maximum Gasteiger partial charge on any atom is 0.160 e. The van der Waals surface area contributed by atoms with E-state index in [2.05, 4.69) is 4.98 Å². The fourth-order valence-corrected chi connectivity index (χ4v) is 1.38. The second kappa shape index (κ2) is 4.24. The van der Waals surface area contributed by atoms with Gasteiger partial charge < -0.3 is 0 Å². The molecule has 0 unspecified atom stereocenters. The van der Waals surface area contributed by atoms with Crippen molar-refractivity contribution in [1.82, 2.24) is 4.98 Å². The van der Waals surface area contributed by atoms with E-state index in [0.717, 1.165) is 12.1 Å². The summed E-state index contributed by atoms with van der Waals surface area (Å²) >= 11 is 0. The Labute approximate surface area is 90.3 Å². The average Bonchev–Trinajstić information content (AvgIpc) is 2.31. The molecule has 1 aromatic heterocycles. The number of nitrogens with one attached hydrogen (secondary N) is 1. The molecule has 0 aliphatic rings. The molecule has 1 heterocycles. The first-order valence-corrected chi connectivity index (χ1v) is 4.53. The molecule has 0 aliphatic heterocycles. The highest BCUT2D eigenvalue weighted by Gasteiger charge is 2.15. The lowest BCUT2D eigenvalue weighted by atomic mass is 10.1. The zero-order valence-corrected chi connectivity index (χ0v) is 8.11. The Balaban J connectivity index is 2.64. The number of halogens is 2. The van der Waals surface area contributed by atoms with E-state index in [1.54, 1.807) is 17.6 Å². The third-order valence-corrected chi connectivity index (χ3v) is 2.13. The SMILES string of the molecule is ONc1ccc(F)c(-c2ccccn2)c1F. The summed E-state index contributed by atoms with van der Waals surface area (Å²) < 4.78 is 27.2. The summed E-state index contributed by atoms with van der Waals surface area (Å²) in [5, 5.41) is 8.65. The second-order valence-electron chi connectivity index (χ2n) is 3.11. The summed E-state index contributed by atoms with van der Waals surface area (Å²) in [6.07, 6.45) is 1.44. The van der Waals surface area contributed by atoms with Crippen LogP contribution >= 0.6 is 0 Å². The lowest BCUT2D eigenvalue weighted by molar-refractivity contribution is 0.384. The number of aromatic nitrogens is 1. The first-order valence-electron chi connectivity index (χ1n) is 4.53. The monoisotopic (exact) mass is 222 g/mol. The molecule has 0 atom stereocenters. The van der Waals surface area contributed by atoms with Crippen molar-refractivity contribution in [2.75, 3.05) is 5.48 Å². The van der Waals surface area contributed by atoms with Crippen LogP contribution in [0, 0.1) is 11.6 Å². The molecule has 5 heteroatoms. The van der Waals surface area contributed by atoms with Crippen LogP contribution in [0.4, 0.5) is 14.5 Å². The van der Waals surface area contributed by atoms with Crippen molar-refractivity contribution < 1.29 is 14.0 Å². The quantitative estimate of drug-likeness (QED) is 0.768. The first-order chi connectivity index (χ1) is 7.74. The molecule has 1 aromatic carbocycles. The molecule has 0 radical (unpaired) electrons. The van der Waals surface area contributed by atoms with Crippen molar-refractivity contribution in [2.24, 2.45) is 0 Å². The zero-order chi connectivity index (χ0) is 11.5. The number of hydrogen-bond acceptors (Lipinski definition) is 3. The van der Waals surface area contributed by atoms with Crippen LogP contribution in [0.3, 0.4) is 0 Å². The van der Waals surface area contributed by atoms with E-state index in [-0.39, 0.29) is 16.9 Å². The van der Waals surface area contributed by atoms with Crippen molar-refractivity contribution in [2.45, 2.75) is 0 Å². The molecule has 0 saturated carbocycles. The normalized spacial score (nSPS) is 10.2. The molecule has 2 aromatic rings. The van der Waals surface area contributed by atoms with Gasteiger partial charge in [0.15, 0.2) is 5.82 Å². The Morgan fingerprint density at radius 1 is 1.12 bits per heavy atom. The van der Waals surface area contributed by atoms with Crippen LogP contribution in [0.2, 0.25) is 0 Å². The van der Waals surface area contributed by atoms with E-state index in [1.165, 1.54) is 12.3 Å². The van der Waals surface area contributed by atoms with Gasteiger partial charge in [0.05, 0.1) is 16.9 Å². The molecule has 82 valence electrons. The molecule has 0 amide bonds. The van der Waals surface area contributed by atoms with E-state index in [4.69, 9.17) is 5.21 Å². The van der Waals surface area contributed by atoms with Crippen molar-refractivity contribution in [3.63, 3.8) is 0 Å². The number of benzene rings is 1. The third-order valence-electron chi connectivity index (χ3n) is 2.13. The number of rotatable bonds is 2. The standard InChI is InChI=1S/C11H8F2N2O/c12-7-4-5-9(15-16)11(13)10(7)8-3-1-2-6-14-8/h1-6,15-16H. The summed E-state index contributed by atoms with van der Waals surface area (Å²) in [6.45, 7) is 0. The van der Waals surface area contributed by atoms with Crippen LogP contribution in [0.15, 0.2) is 36.5 Å². The second-order valence-corrected chi connectivity index (χ2v) is 3.11. The van der Waals surface area contributed by atoms with Gasteiger partial charge in [-0.2, -0.15) is 0 Å². The van der Waals surface area contributed by atoms with E-state index in [9.17, 15) is 8.78 Å². The molecule has 0 saturated heterocycles. The van der Waals surface area contributed by atoms with Crippen molar-refractivity contribution in [1.29, 1.82) is 0 Å². The summed E-state index contributed by atoms with van der Waals surface area (Å²) in [4.78, 5) is 3.86. The minimum atomic E-state index is -0.874. The van der Waals surface area contributed by atoms with Gasteiger partial charge in [-0.15, -0.1) is 0 Å². The highest BCUT2D eigenvalue weighted by Crippen LogP contribution is 2.28. The molecule has 2 rings (SSSR count). The van der Waals surface area contributed by atoms with Crippen LogP contribution in [-0.4, -0.2) is 10.2 Å². The molecular formula is C11H8F2N2O. The van der Waals surface area contributed by atoms with E-state index < -0.39 is 11.6 Å². The molecule has 0 fully saturated rings. The maximum atomic E-state index is 13.7. The smallest absolute Gasteiger partial charge is 0.160 e. The fourth-order valence-electron chi connectivity index (χ4n) is 1.38. The van der Waals surface area contributed by atoms with Crippen LogP contribution in [0.5, 0.6) is 0 Å². The van der Waals surface area contributed by atoms with Crippen LogP contribution in [-0.2, 0) is 0 Å². The Morgan fingerprint density at radius 3 is 2.56 bits per heavy atom. The van der Waals surface area contributed by atoms with E-state index in [1.807, 2.05) is 0 Å². The maximum absolute atomic E-state index is 13.7. The van der Waals surface area contributed by atoms with Gasteiger partial charge in [0.2, 0.25) is 0 Å². The first kappa shape index (κ1) is 10.5. The topological polar surface area (TPSA) is 45.1 Å². The van der Waals surface area contributed by atoms with Crippen molar-refractivity contribution >= 4 is 5.69 Å². The highest BCUT2D eigenvalue weighted by atomic mass is 19.1. The Kier molecular flexibility index (Phi) is 2.78. The number of pyridine rings is 1. The highest BCUT2D eigenvalue weighted by molar-refractivity contribution is 5.66. The Bertz CT molecular complexity index is 503. The van der Waals surface area contributed by atoms with Gasteiger partial charge in [-0.05, 0) is 24.3 Å². The van der Waals surface area contributed by atoms with Gasteiger partial charge in [-0.3, -0.25) is 15.7 Å². The molecule has 0 bridgehead atoms. The predicted molar refractivity (Wildman–Crippen MR) is 55.0 cm³/mol. The molecule has 0 spiro atoms. The molecule has 0 aliphatic carbocycles. The Morgan fingerprint density at radius 2 is 1.94 bits per heavy atom. The van der Waals surface area contributed by atoms with Gasteiger partial charge >= 0.3 is 0 Å². The summed E-state index contributed by atoms with van der Waals surface area (Å²) in [5.41, 5.74) is 1.38. The number of hydrogen-bond donors (Lipinski definition) is 2. The lowest BCUT2D eigenvalue weighted by Gasteiger charge is -2.07. The van der Waals surface area contributed by atoms with Gasteiger partial charge in [-0.1, -0.05) is 6.07 Å². The van der Waals surface area contributed by atoms with Gasteiger partial charge in [0.1, 0.15) is 5.82 Å². The minimum Gasteiger partial charge on any atom is -0.291 e.